The molecule has 10 nitrogen and oxygen atoms in total. The van der Waals surface area contributed by atoms with Crippen molar-refractivity contribution in [1.29, 1.82) is 0 Å². The number of aromatic nitrogens is 3. The molecule has 0 aliphatic rings. The zero-order chi connectivity index (χ0) is 24.9. The molecule has 11 heteroatoms. The Kier molecular flexibility index (Phi) is 10.8. The lowest BCUT2D eigenvalue weighted by atomic mass is 10.2. The summed E-state index contributed by atoms with van der Waals surface area (Å²) in [5, 5.41) is 7.09. The fraction of sp³-hybridized carbons (Fsp3) is 0.375. The topological polar surface area (TPSA) is 126 Å². The number of nitrogens with one attached hydrogen (secondary N) is 2. The maximum atomic E-state index is 6.04. The summed E-state index contributed by atoms with van der Waals surface area (Å²) < 4.78 is 21.6. The fourth-order valence-electron chi connectivity index (χ4n) is 3.05. The van der Waals surface area contributed by atoms with E-state index >= 15 is 0 Å². The highest BCUT2D eigenvalue weighted by Gasteiger charge is 2.10. The molecule has 0 aliphatic carbocycles. The van der Waals surface area contributed by atoms with Crippen molar-refractivity contribution >= 4 is 23.5 Å². The second-order valence-electron chi connectivity index (χ2n) is 7.33. The molecule has 1 aromatic heterocycles. The predicted octanol–water partition coefficient (Wildman–Crippen LogP) is 3.23. The molecule has 0 unspecified atom stereocenters. The number of rotatable bonds is 15. The Labute approximate surface area is 210 Å². The molecule has 3 aromatic rings. The molecule has 0 saturated carbocycles. The van der Waals surface area contributed by atoms with Gasteiger partial charge in [0, 0.05) is 36.3 Å². The van der Waals surface area contributed by atoms with Crippen LogP contribution in [-0.4, -0.2) is 68.7 Å². The van der Waals surface area contributed by atoms with Gasteiger partial charge in [0.05, 0.1) is 40.6 Å². The Bertz CT molecular complexity index is 1030. The van der Waals surface area contributed by atoms with E-state index < -0.39 is 0 Å². The van der Waals surface area contributed by atoms with Gasteiger partial charge in [-0.05, 0) is 42.0 Å². The smallest absolute Gasteiger partial charge is 0.228 e. The van der Waals surface area contributed by atoms with Crippen LogP contribution in [0.25, 0.3) is 11.4 Å². The summed E-state index contributed by atoms with van der Waals surface area (Å²) in [5.41, 5.74) is 7.16. The lowest BCUT2D eigenvalue weighted by molar-refractivity contribution is 0.0547. The second-order valence-corrected chi connectivity index (χ2v) is 7.76. The molecule has 0 fully saturated rings. The third-order valence-electron chi connectivity index (χ3n) is 4.76. The van der Waals surface area contributed by atoms with Gasteiger partial charge in [-0.1, -0.05) is 11.6 Å². The van der Waals surface area contributed by atoms with E-state index in [0.29, 0.717) is 80.3 Å². The van der Waals surface area contributed by atoms with E-state index in [1.807, 2.05) is 30.3 Å². The lowest BCUT2D eigenvalue weighted by Crippen LogP contribution is -2.16. The largest absolute Gasteiger partial charge is 0.497 e. The van der Waals surface area contributed by atoms with Crippen molar-refractivity contribution in [3.8, 4) is 22.9 Å². The molecule has 4 N–H and O–H groups in total. The average molecular weight is 503 g/mol. The van der Waals surface area contributed by atoms with Gasteiger partial charge < -0.3 is 35.3 Å². The number of methoxy groups -OCH3 is 2. The third-order valence-corrected chi connectivity index (χ3v) is 5.02. The van der Waals surface area contributed by atoms with Crippen molar-refractivity contribution < 1.29 is 18.9 Å². The highest BCUT2D eigenvalue weighted by molar-refractivity contribution is 6.30. The molecular weight excluding hydrogens is 472 g/mol. The Morgan fingerprint density at radius 2 is 1.43 bits per heavy atom. The van der Waals surface area contributed by atoms with Crippen molar-refractivity contribution in [1.82, 2.24) is 15.0 Å². The molecule has 0 radical (unpaired) electrons. The molecule has 0 amide bonds. The first kappa shape index (κ1) is 26.4. The molecule has 0 atom stereocenters. The summed E-state index contributed by atoms with van der Waals surface area (Å²) in [7, 11) is 3.23. The van der Waals surface area contributed by atoms with Gasteiger partial charge in [0.1, 0.15) is 11.5 Å². The summed E-state index contributed by atoms with van der Waals surface area (Å²) in [6.45, 7) is 3.48. The standard InChI is InChI=1S/C24H31ClN6O4/c1-32-20-13-17(14-21(15-20)33-2)16-28-24-30-22(18-3-5-19(25)6-4-18)29-23(31-24)27-8-10-35-12-11-34-9-7-26/h3-6,13-15H,7-12,16,26H2,1-2H3,(H2,27,28,29,30,31). The third kappa shape index (κ3) is 8.84. The van der Waals surface area contributed by atoms with Gasteiger partial charge in [0.2, 0.25) is 11.9 Å². The Balaban J connectivity index is 1.69. The van der Waals surface area contributed by atoms with E-state index in [4.69, 9.17) is 36.3 Å². The molecule has 0 bridgehead atoms. The van der Waals surface area contributed by atoms with Gasteiger partial charge >= 0.3 is 0 Å². The number of benzene rings is 2. The van der Waals surface area contributed by atoms with Gasteiger partial charge in [-0.3, -0.25) is 0 Å². The zero-order valence-electron chi connectivity index (χ0n) is 19.9. The van der Waals surface area contributed by atoms with Crippen LogP contribution in [-0.2, 0) is 16.0 Å². The van der Waals surface area contributed by atoms with E-state index in [1.165, 1.54) is 0 Å². The number of halogens is 1. The van der Waals surface area contributed by atoms with Crippen molar-refractivity contribution in [3.05, 3.63) is 53.1 Å². The molecule has 188 valence electrons. The van der Waals surface area contributed by atoms with Gasteiger partial charge in [0.25, 0.3) is 0 Å². The molecule has 2 aromatic carbocycles. The molecule has 1 heterocycles. The number of anilines is 2. The molecular formula is C24H31ClN6O4. The van der Waals surface area contributed by atoms with Crippen molar-refractivity contribution in [2.75, 3.05) is 64.4 Å². The van der Waals surface area contributed by atoms with E-state index in [2.05, 4.69) is 25.6 Å². The maximum Gasteiger partial charge on any atom is 0.228 e. The number of hydrogen-bond donors (Lipinski definition) is 3. The average Bonchev–Trinajstić information content (AvgIpc) is 2.89. The van der Waals surface area contributed by atoms with Crippen molar-refractivity contribution in [3.63, 3.8) is 0 Å². The molecule has 3 rings (SSSR count). The highest BCUT2D eigenvalue weighted by Crippen LogP contribution is 2.24. The van der Waals surface area contributed by atoms with Crippen LogP contribution in [0.4, 0.5) is 11.9 Å². The highest BCUT2D eigenvalue weighted by atomic mass is 35.5. The van der Waals surface area contributed by atoms with Crippen LogP contribution in [0, 0.1) is 0 Å². The number of nitrogens with two attached hydrogens (primary N) is 1. The first-order valence-corrected chi connectivity index (χ1v) is 11.6. The van der Waals surface area contributed by atoms with E-state index in [0.717, 1.165) is 11.1 Å². The molecule has 0 saturated heterocycles. The predicted molar refractivity (Wildman–Crippen MR) is 136 cm³/mol. The summed E-state index contributed by atoms with van der Waals surface area (Å²) in [5.74, 6) is 2.77. The lowest BCUT2D eigenvalue weighted by Gasteiger charge is -2.12. The second kappa shape index (κ2) is 14.3. The van der Waals surface area contributed by atoms with Crippen LogP contribution < -0.4 is 25.8 Å². The number of ether oxygens (including phenoxy) is 4. The van der Waals surface area contributed by atoms with Crippen LogP contribution in [0.3, 0.4) is 0 Å². The summed E-state index contributed by atoms with van der Waals surface area (Å²) in [6, 6.07) is 13.0. The van der Waals surface area contributed by atoms with Gasteiger partial charge in [-0.25, -0.2) is 0 Å². The van der Waals surface area contributed by atoms with E-state index in [-0.39, 0.29) is 0 Å². The van der Waals surface area contributed by atoms with Gasteiger partial charge in [-0.2, -0.15) is 15.0 Å². The van der Waals surface area contributed by atoms with Crippen LogP contribution in [0.15, 0.2) is 42.5 Å². The Morgan fingerprint density at radius 1 is 0.800 bits per heavy atom. The first-order chi connectivity index (χ1) is 17.1. The van der Waals surface area contributed by atoms with Gasteiger partial charge in [-0.15, -0.1) is 0 Å². The van der Waals surface area contributed by atoms with Crippen LogP contribution in [0.2, 0.25) is 5.02 Å². The minimum atomic E-state index is 0.422. The van der Waals surface area contributed by atoms with Crippen molar-refractivity contribution in [2.45, 2.75) is 6.54 Å². The molecule has 35 heavy (non-hydrogen) atoms. The SMILES string of the molecule is COc1cc(CNc2nc(NCCOCCOCCN)nc(-c3ccc(Cl)cc3)n2)cc(OC)c1. The van der Waals surface area contributed by atoms with Crippen molar-refractivity contribution in [2.24, 2.45) is 5.73 Å². The first-order valence-electron chi connectivity index (χ1n) is 11.2. The minimum Gasteiger partial charge on any atom is -0.497 e. The molecule has 0 aliphatic heterocycles. The number of nitrogens with zero attached hydrogens (tertiary/aromatic N) is 3. The zero-order valence-corrected chi connectivity index (χ0v) is 20.7. The maximum absolute atomic E-state index is 6.04. The number of hydrogen-bond acceptors (Lipinski definition) is 10. The van der Waals surface area contributed by atoms with Crippen LogP contribution in [0.1, 0.15) is 5.56 Å². The quantitative estimate of drug-likeness (QED) is 0.267. The van der Waals surface area contributed by atoms with Gasteiger partial charge in [0.15, 0.2) is 5.82 Å². The Morgan fingerprint density at radius 3 is 2.06 bits per heavy atom. The van der Waals surface area contributed by atoms with E-state index in [1.54, 1.807) is 26.4 Å². The van der Waals surface area contributed by atoms with E-state index in [9.17, 15) is 0 Å². The van der Waals surface area contributed by atoms with Crippen LogP contribution in [0.5, 0.6) is 11.5 Å². The minimum absolute atomic E-state index is 0.422. The molecule has 0 spiro atoms. The summed E-state index contributed by atoms with van der Waals surface area (Å²) in [6.07, 6.45) is 0. The summed E-state index contributed by atoms with van der Waals surface area (Å²) >= 11 is 6.04. The Hall–Kier alpha value is -3.18. The fourth-order valence-corrected chi connectivity index (χ4v) is 3.18. The normalized spacial score (nSPS) is 10.7. The monoisotopic (exact) mass is 502 g/mol. The van der Waals surface area contributed by atoms with Crippen LogP contribution >= 0.6 is 11.6 Å². The summed E-state index contributed by atoms with van der Waals surface area (Å²) in [4.78, 5) is 13.6.